The molecule has 7 nitrogen and oxygen atoms in total. The van der Waals surface area contributed by atoms with Gasteiger partial charge in [-0.1, -0.05) is 36.4 Å². The number of ether oxygens (including phenoxy) is 3. The van der Waals surface area contributed by atoms with E-state index in [4.69, 9.17) is 14.2 Å². The molecule has 3 heterocycles. The number of hydrogen-bond donors (Lipinski definition) is 2. The zero-order valence-corrected chi connectivity index (χ0v) is 16.8. The first kappa shape index (κ1) is 19.0. The number of aromatic amines is 1. The fourth-order valence-corrected chi connectivity index (χ4v) is 3.73. The van der Waals surface area contributed by atoms with Crippen LogP contribution < -0.4 is 9.47 Å². The van der Waals surface area contributed by atoms with Gasteiger partial charge in [-0.2, -0.15) is 0 Å². The lowest BCUT2D eigenvalue weighted by atomic mass is 10.1. The van der Waals surface area contributed by atoms with Gasteiger partial charge in [-0.25, -0.2) is 9.78 Å². The van der Waals surface area contributed by atoms with Gasteiger partial charge in [0.05, 0.1) is 17.8 Å². The molecule has 0 bridgehead atoms. The van der Waals surface area contributed by atoms with E-state index in [2.05, 4.69) is 9.97 Å². The number of esters is 1. The Hall–Kier alpha value is -4.00. The van der Waals surface area contributed by atoms with E-state index >= 15 is 0 Å². The van der Waals surface area contributed by atoms with Gasteiger partial charge in [0.1, 0.15) is 0 Å². The first-order valence-corrected chi connectivity index (χ1v) is 9.99. The number of rotatable bonds is 5. The summed E-state index contributed by atoms with van der Waals surface area (Å²) >= 11 is 0. The highest BCUT2D eigenvalue weighted by Gasteiger charge is 2.23. The number of H-pyrrole nitrogens is 1. The number of carbonyl (C=O) groups is 1. The lowest BCUT2D eigenvalue weighted by molar-refractivity contribution is 0.0516. The van der Waals surface area contributed by atoms with E-state index in [1.807, 2.05) is 54.6 Å². The summed E-state index contributed by atoms with van der Waals surface area (Å²) in [6.07, 6.45) is 0.425. The molecule has 31 heavy (non-hydrogen) atoms. The Morgan fingerprint density at radius 2 is 1.94 bits per heavy atom. The molecule has 0 aliphatic carbocycles. The van der Waals surface area contributed by atoms with Gasteiger partial charge in [0, 0.05) is 17.5 Å². The van der Waals surface area contributed by atoms with Crippen molar-refractivity contribution in [2.24, 2.45) is 0 Å². The number of fused-ring (bicyclic) bond motifs is 2. The van der Waals surface area contributed by atoms with Gasteiger partial charge in [-0.3, -0.25) is 0 Å². The lowest BCUT2D eigenvalue weighted by Crippen LogP contribution is -2.10. The maximum atomic E-state index is 12.5. The molecule has 4 aromatic rings. The van der Waals surface area contributed by atoms with Crippen molar-refractivity contribution in [2.75, 3.05) is 13.4 Å². The first-order valence-electron chi connectivity index (χ1n) is 9.99. The minimum Gasteiger partial charge on any atom is -0.505 e. The van der Waals surface area contributed by atoms with E-state index in [0.717, 1.165) is 16.8 Å². The Kier molecular flexibility index (Phi) is 4.71. The Morgan fingerprint density at radius 1 is 1.13 bits per heavy atom. The van der Waals surface area contributed by atoms with Crippen LogP contribution in [0.15, 0.2) is 54.6 Å². The zero-order valence-electron chi connectivity index (χ0n) is 16.8. The highest BCUT2D eigenvalue weighted by atomic mass is 16.7. The topological polar surface area (TPSA) is 93.7 Å². The van der Waals surface area contributed by atoms with Crippen LogP contribution in [0, 0.1) is 0 Å². The maximum Gasteiger partial charge on any atom is 0.360 e. The van der Waals surface area contributed by atoms with E-state index in [0.29, 0.717) is 34.5 Å². The lowest BCUT2D eigenvalue weighted by Gasteiger charge is -2.10. The summed E-state index contributed by atoms with van der Waals surface area (Å²) in [6.45, 7) is 2.10. The zero-order chi connectivity index (χ0) is 21.4. The standard InChI is InChI=1S/C24H20N2O5/c1-2-29-24(28)22-23(27)16-12-17(15-6-4-3-5-7-15)25-21(16)18(26-22)10-14-8-9-19-20(11-14)31-13-30-19/h3-9,11-12,25,27H,2,10,13H2,1H3. The van der Waals surface area contributed by atoms with Crippen molar-refractivity contribution in [1.82, 2.24) is 9.97 Å². The van der Waals surface area contributed by atoms with Gasteiger partial charge in [-0.15, -0.1) is 0 Å². The monoisotopic (exact) mass is 416 g/mol. The van der Waals surface area contributed by atoms with Crippen LogP contribution in [-0.2, 0) is 11.2 Å². The Bertz CT molecular complexity index is 1280. The van der Waals surface area contributed by atoms with Crippen LogP contribution >= 0.6 is 0 Å². The number of aromatic hydroxyl groups is 1. The minimum atomic E-state index is -0.656. The van der Waals surface area contributed by atoms with E-state index in [9.17, 15) is 9.90 Å². The molecule has 1 aliphatic rings. The molecule has 0 unspecified atom stereocenters. The van der Waals surface area contributed by atoms with Crippen molar-refractivity contribution in [3.05, 3.63) is 71.5 Å². The maximum absolute atomic E-state index is 12.5. The number of pyridine rings is 1. The second-order valence-corrected chi connectivity index (χ2v) is 7.18. The quantitative estimate of drug-likeness (QED) is 0.468. The van der Waals surface area contributed by atoms with Crippen molar-refractivity contribution >= 4 is 16.9 Å². The van der Waals surface area contributed by atoms with Gasteiger partial charge in [0.25, 0.3) is 0 Å². The number of nitrogens with zero attached hydrogens (tertiary/aromatic N) is 1. The molecule has 156 valence electrons. The van der Waals surface area contributed by atoms with E-state index in [-0.39, 0.29) is 24.8 Å². The molecule has 0 radical (unpaired) electrons. The summed E-state index contributed by atoms with van der Waals surface area (Å²) in [5.41, 5.74) is 3.92. The van der Waals surface area contributed by atoms with Gasteiger partial charge < -0.3 is 24.3 Å². The average Bonchev–Trinajstić information content (AvgIpc) is 3.44. The SMILES string of the molecule is CCOC(=O)c1nc(Cc2ccc3c(c2)OCO3)c2[nH]c(-c3ccccc3)cc2c1O. The molecule has 2 aromatic heterocycles. The van der Waals surface area contributed by atoms with Crippen molar-refractivity contribution in [3.63, 3.8) is 0 Å². The molecule has 0 amide bonds. The average molecular weight is 416 g/mol. The molecular weight excluding hydrogens is 396 g/mol. The number of benzene rings is 2. The molecule has 2 aromatic carbocycles. The smallest absolute Gasteiger partial charge is 0.360 e. The molecule has 0 fully saturated rings. The summed E-state index contributed by atoms with van der Waals surface area (Å²) in [7, 11) is 0. The summed E-state index contributed by atoms with van der Waals surface area (Å²) < 4.78 is 16.0. The third-order valence-corrected chi connectivity index (χ3v) is 5.19. The van der Waals surface area contributed by atoms with Gasteiger partial charge in [-0.05, 0) is 36.2 Å². The number of carbonyl (C=O) groups excluding carboxylic acids is 1. The second-order valence-electron chi connectivity index (χ2n) is 7.18. The highest BCUT2D eigenvalue weighted by molar-refractivity contribution is 6.01. The Labute approximate surface area is 178 Å². The van der Waals surface area contributed by atoms with E-state index in [1.165, 1.54) is 0 Å². The largest absolute Gasteiger partial charge is 0.505 e. The molecule has 0 spiro atoms. The highest BCUT2D eigenvalue weighted by Crippen LogP contribution is 2.36. The van der Waals surface area contributed by atoms with Crippen LogP contribution in [0.3, 0.4) is 0 Å². The molecule has 0 atom stereocenters. The molecule has 2 N–H and O–H groups in total. The van der Waals surface area contributed by atoms with Crippen LogP contribution in [-0.4, -0.2) is 34.4 Å². The molecule has 0 saturated heterocycles. The third kappa shape index (κ3) is 3.44. The van der Waals surface area contributed by atoms with Crippen molar-refractivity contribution in [1.29, 1.82) is 0 Å². The first-order chi connectivity index (χ1) is 15.1. The second kappa shape index (κ2) is 7.68. The fourth-order valence-electron chi connectivity index (χ4n) is 3.73. The van der Waals surface area contributed by atoms with E-state index in [1.54, 1.807) is 6.92 Å². The summed E-state index contributed by atoms with van der Waals surface area (Å²) in [5.74, 6) is 0.526. The molecular formula is C24H20N2O5. The van der Waals surface area contributed by atoms with Crippen LogP contribution in [0.2, 0.25) is 0 Å². The van der Waals surface area contributed by atoms with Crippen molar-refractivity contribution in [3.8, 4) is 28.5 Å². The van der Waals surface area contributed by atoms with Crippen LogP contribution in [0.1, 0.15) is 28.7 Å². The predicted octanol–water partition coefficient (Wildman–Crippen LogP) is 4.43. The van der Waals surface area contributed by atoms with Gasteiger partial charge in [0.15, 0.2) is 22.9 Å². The van der Waals surface area contributed by atoms with Crippen molar-refractivity contribution in [2.45, 2.75) is 13.3 Å². The van der Waals surface area contributed by atoms with Crippen LogP contribution in [0.25, 0.3) is 22.2 Å². The van der Waals surface area contributed by atoms with Crippen LogP contribution in [0.4, 0.5) is 0 Å². The molecule has 0 saturated carbocycles. The molecule has 1 aliphatic heterocycles. The van der Waals surface area contributed by atoms with Crippen molar-refractivity contribution < 1.29 is 24.1 Å². The number of aromatic nitrogens is 2. The van der Waals surface area contributed by atoms with Gasteiger partial charge in [0.2, 0.25) is 6.79 Å². The summed E-state index contributed by atoms with van der Waals surface area (Å²) in [5, 5.41) is 11.3. The third-order valence-electron chi connectivity index (χ3n) is 5.19. The summed E-state index contributed by atoms with van der Waals surface area (Å²) in [4.78, 5) is 20.3. The Morgan fingerprint density at radius 3 is 2.74 bits per heavy atom. The number of hydrogen-bond acceptors (Lipinski definition) is 6. The van der Waals surface area contributed by atoms with Crippen LogP contribution in [0.5, 0.6) is 17.2 Å². The fraction of sp³-hybridized carbons (Fsp3) is 0.167. The minimum absolute atomic E-state index is 0.0938. The summed E-state index contributed by atoms with van der Waals surface area (Å²) in [6, 6.07) is 17.3. The Balaban J connectivity index is 1.65. The molecule has 5 rings (SSSR count). The molecule has 7 heteroatoms. The van der Waals surface area contributed by atoms with Gasteiger partial charge >= 0.3 is 5.97 Å². The number of nitrogens with one attached hydrogen (secondary N) is 1. The predicted molar refractivity (Wildman–Crippen MR) is 115 cm³/mol. The normalized spacial score (nSPS) is 12.3. The van der Waals surface area contributed by atoms with E-state index < -0.39 is 5.97 Å².